The number of amides is 1. The second kappa shape index (κ2) is 6.92. The third-order valence-corrected chi connectivity index (χ3v) is 3.55. The molecule has 4 heteroatoms. The van der Waals surface area contributed by atoms with E-state index in [9.17, 15) is 4.79 Å². The maximum absolute atomic E-state index is 12.2. The number of aliphatic hydroxyl groups excluding tert-OH is 1. The molecule has 19 heavy (non-hydrogen) atoms. The molecule has 0 aliphatic carbocycles. The van der Waals surface area contributed by atoms with E-state index in [2.05, 4.69) is 5.32 Å². The Morgan fingerprint density at radius 1 is 1.32 bits per heavy atom. The molecule has 0 radical (unpaired) electrons. The Hall–Kier alpha value is -1.06. The summed E-state index contributed by atoms with van der Waals surface area (Å²) in [6.45, 7) is 6.12. The SMILES string of the molecule is CC(C)(C)C(CCO)NC(=O)C(Cl)c1ccccc1. The Balaban J connectivity index is 2.72. The van der Waals surface area contributed by atoms with Crippen LogP contribution in [0.25, 0.3) is 0 Å². The van der Waals surface area contributed by atoms with Crippen LogP contribution in [0.1, 0.15) is 38.1 Å². The first-order chi connectivity index (χ1) is 8.86. The number of nitrogens with one attached hydrogen (secondary N) is 1. The molecule has 3 nitrogen and oxygen atoms in total. The van der Waals surface area contributed by atoms with Gasteiger partial charge >= 0.3 is 0 Å². The largest absolute Gasteiger partial charge is 0.396 e. The molecule has 1 rings (SSSR count). The van der Waals surface area contributed by atoms with Crippen molar-refractivity contribution in [3.8, 4) is 0 Å². The molecule has 0 spiro atoms. The maximum atomic E-state index is 12.2. The Morgan fingerprint density at radius 3 is 2.37 bits per heavy atom. The highest BCUT2D eigenvalue weighted by Crippen LogP contribution is 2.25. The molecule has 0 saturated carbocycles. The summed E-state index contributed by atoms with van der Waals surface area (Å²) >= 11 is 6.18. The lowest BCUT2D eigenvalue weighted by molar-refractivity contribution is -0.122. The second-order valence-corrected chi connectivity index (χ2v) is 6.15. The molecule has 1 aromatic carbocycles. The summed E-state index contributed by atoms with van der Waals surface area (Å²) in [5.41, 5.74) is 0.657. The molecule has 0 aliphatic rings. The number of hydrogen-bond acceptors (Lipinski definition) is 2. The van der Waals surface area contributed by atoms with Crippen LogP contribution < -0.4 is 5.32 Å². The summed E-state index contributed by atoms with van der Waals surface area (Å²) in [6, 6.07) is 9.15. The number of alkyl halides is 1. The number of halogens is 1. The van der Waals surface area contributed by atoms with Gasteiger partial charge in [-0.05, 0) is 17.4 Å². The molecule has 2 atom stereocenters. The van der Waals surface area contributed by atoms with Gasteiger partial charge in [-0.25, -0.2) is 0 Å². The van der Waals surface area contributed by atoms with Crippen molar-refractivity contribution in [1.82, 2.24) is 5.32 Å². The van der Waals surface area contributed by atoms with E-state index in [1.807, 2.05) is 51.1 Å². The highest BCUT2D eigenvalue weighted by atomic mass is 35.5. The van der Waals surface area contributed by atoms with Crippen molar-refractivity contribution in [3.63, 3.8) is 0 Å². The van der Waals surface area contributed by atoms with Crippen LogP contribution in [-0.4, -0.2) is 23.7 Å². The normalized spacial score (nSPS) is 14.8. The number of aliphatic hydroxyl groups is 1. The zero-order valence-corrected chi connectivity index (χ0v) is 12.4. The van der Waals surface area contributed by atoms with Gasteiger partial charge in [0, 0.05) is 12.6 Å². The van der Waals surface area contributed by atoms with Gasteiger partial charge in [-0.1, -0.05) is 51.1 Å². The van der Waals surface area contributed by atoms with Crippen LogP contribution in [0.15, 0.2) is 30.3 Å². The van der Waals surface area contributed by atoms with Crippen molar-refractivity contribution >= 4 is 17.5 Å². The van der Waals surface area contributed by atoms with Gasteiger partial charge in [0.1, 0.15) is 5.38 Å². The summed E-state index contributed by atoms with van der Waals surface area (Å²) in [7, 11) is 0. The van der Waals surface area contributed by atoms with Crippen molar-refractivity contribution in [2.24, 2.45) is 5.41 Å². The average molecular weight is 284 g/mol. The van der Waals surface area contributed by atoms with Crippen LogP contribution in [0.2, 0.25) is 0 Å². The summed E-state index contributed by atoms with van der Waals surface area (Å²) in [5, 5.41) is 11.3. The van der Waals surface area contributed by atoms with Crippen LogP contribution in [0.5, 0.6) is 0 Å². The third-order valence-electron chi connectivity index (χ3n) is 3.10. The number of hydrogen-bond donors (Lipinski definition) is 2. The minimum absolute atomic E-state index is 0.0422. The number of benzene rings is 1. The Bertz CT molecular complexity index is 400. The predicted molar refractivity (Wildman–Crippen MR) is 78.1 cm³/mol. The second-order valence-electron chi connectivity index (χ2n) is 5.71. The van der Waals surface area contributed by atoms with E-state index in [0.29, 0.717) is 6.42 Å². The summed E-state index contributed by atoms with van der Waals surface area (Å²) < 4.78 is 0. The fourth-order valence-electron chi connectivity index (χ4n) is 1.87. The molecular formula is C15H22ClNO2. The predicted octanol–water partition coefficient (Wildman–Crippen LogP) is 2.88. The van der Waals surface area contributed by atoms with E-state index in [0.717, 1.165) is 5.56 Å². The summed E-state index contributed by atoms with van der Waals surface area (Å²) in [4.78, 5) is 12.2. The molecule has 106 valence electrons. The van der Waals surface area contributed by atoms with Gasteiger partial charge in [-0.2, -0.15) is 0 Å². The third kappa shape index (κ3) is 4.84. The van der Waals surface area contributed by atoms with Gasteiger partial charge in [0.2, 0.25) is 5.91 Å². The van der Waals surface area contributed by atoms with Crippen molar-refractivity contribution in [2.75, 3.05) is 6.61 Å². The lowest BCUT2D eigenvalue weighted by Crippen LogP contribution is -2.45. The lowest BCUT2D eigenvalue weighted by atomic mass is 9.85. The van der Waals surface area contributed by atoms with Crippen LogP contribution in [0, 0.1) is 5.41 Å². The van der Waals surface area contributed by atoms with E-state index in [1.165, 1.54) is 0 Å². The quantitative estimate of drug-likeness (QED) is 0.817. The van der Waals surface area contributed by atoms with E-state index in [1.54, 1.807) is 0 Å². The van der Waals surface area contributed by atoms with Crippen molar-refractivity contribution in [1.29, 1.82) is 0 Å². The van der Waals surface area contributed by atoms with Gasteiger partial charge in [-0.15, -0.1) is 11.6 Å². The van der Waals surface area contributed by atoms with Gasteiger partial charge in [0.15, 0.2) is 0 Å². The zero-order chi connectivity index (χ0) is 14.5. The maximum Gasteiger partial charge on any atom is 0.242 e. The molecule has 1 aromatic rings. The van der Waals surface area contributed by atoms with Gasteiger partial charge in [-0.3, -0.25) is 4.79 Å². The fourth-order valence-corrected chi connectivity index (χ4v) is 2.08. The average Bonchev–Trinajstić information content (AvgIpc) is 2.37. The first-order valence-corrected chi connectivity index (χ1v) is 6.90. The minimum atomic E-state index is -0.704. The molecular weight excluding hydrogens is 262 g/mol. The number of carbonyl (C=O) groups excluding carboxylic acids is 1. The molecule has 0 heterocycles. The summed E-state index contributed by atoms with van der Waals surface area (Å²) in [5.74, 6) is -0.221. The number of carbonyl (C=O) groups is 1. The van der Waals surface area contributed by atoms with Crippen molar-refractivity contribution < 1.29 is 9.90 Å². The van der Waals surface area contributed by atoms with E-state index in [4.69, 9.17) is 16.7 Å². The standard InChI is InChI=1S/C15H22ClNO2/c1-15(2,3)12(9-10-18)17-14(19)13(16)11-7-5-4-6-8-11/h4-8,12-13,18H,9-10H2,1-3H3,(H,17,19). The number of rotatable bonds is 5. The highest BCUT2D eigenvalue weighted by Gasteiger charge is 2.28. The Morgan fingerprint density at radius 2 is 1.89 bits per heavy atom. The molecule has 1 amide bonds. The fraction of sp³-hybridized carbons (Fsp3) is 0.533. The smallest absolute Gasteiger partial charge is 0.242 e. The molecule has 2 unspecified atom stereocenters. The highest BCUT2D eigenvalue weighted by molar-refractivity contribution is 6.30. The molecule has 0 bridgehead atoms. The van der Waals surface area contributed by atoms with E-state index >= 15 is 0 Å². The zero-order valence-electron chi connectivity index (χ0n) is 11.7. The van der Waals surface area contributed by atoms with E-state index < -0.39 is 5.38 Å². The van der Waals surface area contributed by atoms with E-state index in [-0.39, 0.29) is 24.0 Å². The van der Waals surface area contributed by atoms with Crippen molar-refractivity contribution in [3.05, 3.63) is 35.9 Å². The lowest BCUT2D eigenvalue weighted by Gasteiger charge is -2.31. The molecule has 0 saturated heterocycles. The summed E-state index contributed by atoms with van der Waals surface area (Å²) in [6.07, 6.45) is 0.521. The minimum Gasteiger partial charge on any atom is -0.396 e. The first kappa shape index (κ1) is 16.0. The Kier molecular flexibility index (Phi) is 5.83. The monoisotopic (exact) mass is 283 g/mol. The topological polar surface area (TPSA) is 49.3 Å². The van der Waals surface area contributed by atoms with Crippen LogP contribution in [0.4, 0.5) is 0 Å². The van der Waals surface area contributed by atoms with Gasteiger partial charge < -0.3 is 10.4 Å². The molecule has 0 aromatic heterocycles. The van der Waals surface area contributed by atoms with Gasteiger partial charge in [0.25, 0.3) is 0 Å². The van der Waals surface area contributed by atoms with Crippen molar-refractivity contribution in [2.45, 2.75) is 38.6 Å². The Labute approximate surface area is 120 Å². The molecule has 2 N–H and O–H groups in total. The van der Waals surface area contributed by atoms with Crippen LogP contribution >= 0.6 is 11.6 Å². The first-order valence-electron chi connectivity index (χ1n) is 6.46. The van der Waals surface area contributed by atoms with Gasteiger partial charge in [0.05, 0.1) is 0 Å². The molecule has 0 aliphatic heterocycles. The van der Waals surface area contributed by atoms with Crippen LogP contribution in [0.3, 0.4) is 0 Å². The van der Waals surface area contributed by atoms with Crippen LogP contribution in [-0.2, 0) is 4.79 Å². The molecule has 0 fully saturated rings.